The van der Waals surface area contributed by atoms with Crippen molar-refractivity contribution >= 4 is 0 Å². The third kappa shape index (κ3) is 3.46. The summed E-state index contributed by atoms with van der Waals surface area (Å²) in [4.78, 5) is 4.19. The van der Waals surface area contributed by atoms with E-state index in [1.807, 2.05) is 38.2 Å². The minimum absolute atomic E-state index is 0.557. The molecule has 0 aromatic heterocycles. The smallest absolute Gasteiger partial charge is 0.0275 e. The maximum absolute atomic E-state index is 2.17. The predicted molar refractivity (Wildman–Crippen MR) is 54.4 cm³/mol. The summed E-state index contributed by atoms with van der Waals surface area (Å²) in [5.41, 5.74) is 0. The molecule has 0 spiro atoms. The molecule has 0 aliphatic carbocycles. The van der Waals surface area contributed by atoms with Gasteiger partial charge in [0.2, 0.25) is 0 Å². The van der Waals surface area contributed by atoms with Gasteiger partial charge in [-0.2, -0.15) is 0 Å². The summed E-state index contributed by atoms with van der Waals surface area (Å²) in [7, 11) is 2.02. The van der Waals surface area contributed by atoms with Crippen molar-refractivity contribution in [2.24, 2.45) is 0 Å². The quantitative estimate of drug-likeness (QED) is 0.594. The highest BCUT2D eigenvalue weighted by molar-refractivity contribution is 5.00. The molecule has 0 bridgehead atoms. The Bertz CT molecular complexity index is 145. The summed E-state index contributed by atoms with van der Waals surface area (Å²) >= 11 is 0. The van der Waals surface area contributed by atoms with Gasteiger partial charge in [-0.1, -0.05) is 13.8 Å². The Morgan fingerprint density at radius 3 is 1.67 bits per heavy atom. The SMILES string of the molecule is CC.CC(C)N1C=CN(C)C=C1. The molecule has 12 heavy (non-hydrogen) atoms. The van der Waals surface area contributed by atoms with E-state index in [0.717, 1.165) is 0 Å². The molecule has 0 aromatic rings. The van der Waals surface area contributed by atoms with Crippen molar-refractivity contribution in [1.82, 2.24) is 9.80 Å². The molecule has 1 heterocycles. The Morgan fingerprint density at radius 2 is 1.33 bits per heavy atom. The van der Waals surface area contributed by atoms with Crippen molar-refractivity contribution in [1.29, 1.82) is 0 Å². The molecule has 0 saturated heterocycles. The molecule has 0 unspecified atom stereocenters. The van der Waals surface area contributed by atoms with E-state index in [1.165, 1.54) is 0 Å². The van der Waals surface area contributed by atoms with Crippen LogP contribution < -0.4 is 0 Å². The molecule has 0 fully saturated rings. The fourth-order valence-electron chi connectivity index (χ4n) is 0.808. The standard InChI is InChI=1S/C8H14N2.C2H6/c1-8(2)10-6-4-9(3)5-7-10;1-2/h4-8H,1-3H3;1-2H3. The summed E-state index contributed by atoms with van der Waals surface area (Å²) in [6.07, 6.45) is 8.23. The maximum Gasteiger partial charge on any atom is 0.0275 e. The van der Waals surface area contributed by atoms with Crippen molar-refractivity contribution in [3.05, 3.63) is 24.8 Å². The summed E-state index contributed by atoms with van der Waals surface area (Å²) in [5.74, 6) is 0. The van der Waals surface area contributed by atoms with E-state index in [-0.39, 0.29) is 0 Å². The molecule has 0 atom stereocenters. The van der Waals surface area contributed by atoms with E-state index >= 15 is 0 Å². The van der Waals surface area contributed by atoms with E-state index < -0.39 is 0 Å². The molecule has 70 valence electrons. The van der Waals surface area contributed by atoms with Crippen molar-refractivity contribution in [2.45, 2.75) is 33.7 Å². The van der Waals surface area contributed by atoms with Crippen molar-refractivity contribution in [3.8, 4) is 0 Å². The first-order valence-corrected chi connectivity index (χ1v) is 4.56. The zero-order valence-electron chi connectivity index (χ0n) is 8.78. The highest BCUT2D eigenvalue weighted by Crippen LogP contribution is 2.05. The van der Waals surface area contributed by atoms with Crippen LogP contribution in [0.1, 0.15) is 27.7 Å². The Kier molecular flexibility index (Phi) is 5.26. The number of rotatable bonds is 1. The third-order valence-electron chi connectivity index (χ3n) is 1.54. The minimum Gasteiger partial charge on any atom is -0.354 e. The summed E-state index contributed by atoms with van der Waals surface area (Å²) in [6.45, 7) is 8.33. The molecule has 1 aliphatic rings. The second-order valence-corrected chi connectivity index (χ2v) is 2.80. The van der Waals surface area contributed by atoms with Crippen LogP contribution in [0.25, 0.3) is 0 Å². The van der Waals surface area contributed by atoms with Crippen LogP contribution in [-0.2, 0) is 0 Å². The van der Waals surface area contributed by atoms with Crippen molar-refractivity contribution in [2.75, 3.05) is 7.05 Å². The molecule has 1 aliphatic heterocycles. The van der Waals surface area contributed by atoms with Crippen LogP contribution in [0.3, 0.4) is 0 Å². The van der Waals surface area contributed by atoms with Gasteiger partial charge in [0, 0.05) is 37.9 Å². The van der Waals surface area contributed by atoms with Crippen LogP contribution in [0.5, 0.6) is 0 Å². The van der Waals surface area contributed by atoms with Gasteiger partial charge in [0.25, 0.3) is 0 Å². The summed E-state index contributed by atoms with van der Waals surface area (Å²) in [6, 6.07) is 0.557. The Hall–Kier alpha value is -0.920. The van der Waals surface area contributed by atoms with Gasteiger partial charge in [-0.15, -0.1) is 0 Å². The topological polar surface area (TPSA) is 6.48 Å². The van der Waals surface area contributed by atoms with E-state index in [0.29, 0.717) is 6.04 Å². The first-order valence-electron chi connectivity index (χ1n) is 4.56. The predicted octanol–water partition coefficient (Wildman–Crippen LogP) is 2.61. The van der Waals surface area contributed by atoms with Gasteiger partial charge in [-0.25, -0.2) is 0 Å². The van der Waals surface area contributed by atoms with Crippen molar-refractivity contribution in [3.63, 3.8) is 0 Å². The lowest BCUT2D eigenvalue weighted by atomic mass is 10.3. The average molecular weight is 168 g/mol. The molecule has 1 rings (SSSR count). The van der Waals surface area contributed by atoms with Gasteiger partial charge in [0.1, 0.15) is 0 Å². The second-order valence-electron chi connectivity index (χ2n) is 2.80. The Balaban J connectivity index is 0.000000561. The highest BCUT2D eigenvalue weighted by atomic mass is 15.2. The van der Waals surface area contributed by atoms with E-state index in [4.69, 9.17) is 0 Å². The lowest BCUT2D eigenvalue weighted by Gasteiger charge is -2.25. The van der Waals surface area contributed by atoms with Crippen LogP contribution in [0, 0.1) is 0 Å². The molecule has 0 amide bonds. The number of hydrogen-bond donors (Lipinski definition) is 0. The number of nitrogens with zero attached hydrogens (tertiary/aromatic N) is 2. The third-order valence-corrected chi connectivity index (χ3v) is 1.54. The normalized spacial score (nSPS) is 14.8. The first kappa shape index (κ1) is 11.1. The van der Waals surface area contributed by atoms with Crippen LogP contribution in [-0.4, -0.2) is 22.9 Å². The summed E-state index contributed by atoms with van der Waals surface area (Å²) in [5, 5.41) is 0. The zero-order chi connectivity index (χ0) is 9.56. The van der Waals surface area contributed by atoms with Gasteiger partial charge in [0.15, 0.2) is 0 Å². The monoisotopic (exact) mass is 168 g/mol. The molecular formula is C10H20N2. The molecule has 2 nitrogen and oxygen atoms in total. The fourth-order valence-corrected chi connectivity index (χ4v) is 0.808. The van der Waals surface area contributed by atoms with Gasteiger partial charge in [-0.05, 0) is 13.8 Å². The lowest BCUT2D eigenvalue weighted by Crippen LogP contribution is -2.23. The highest BCUT2D eigenvalue weighted by Gasteiger charge is 2.02. The molecular weight excluding hydrogens is 148 g/mol. The van der Waals surface area contributed by atoms with Gasteiger partial charge in [-0.3, -0.25) is 0 Å². The van der Waals surface area contributed by atoms with Gasteiger partial charge < -0.3 is 9.80 Å². The van der Waals surface area contributed by atoms with E-state index in [2.05, 4.69) is 31.1 Å². The molecule has 0 radical (unpaired) electrons. The minimum atomic E-state index is 0.557. The van der Waals surface area contributed by atoms with Crippen LogP contribution in [0.2, 0.25) is 0 Å². The van der Waals surface area contributed by atoms with E-state index in [9.17, 15) is 0 Å². The molecule has 0 N–H and O–H groups in total. The lowest BCUT2D eigenvalue weighted by molar-refractivity contribution is 0.387. The average Bonchev–Trinajstić information content (AvgIpc) is 2.09. The zero-order valence-corrected chi connectivity index (χ0v) is 8.78. The fraction of sp³-hybridized carbons (Fsp3) is 0.600. The molecule has 2 heteroatoms. The maximum atomic E-state index is 2.17. The van der Waals surface area contributed by atoms with E-state index in [1.54, 1.807) is 0 Å². The number of hydrogen-bond acceptors (Lipinski definition) is 2. The van der Waals surface area contributed by atoms with Crippen molar-refractivity contribution < 1.29 is 0 Å². The summed E-state index contributed by atoms with van der Waals surface area (Å²) < 4.78 is 0. The Morgan fingerprint density at radius 1 is 0.917 bits per heavy atom. The van der Waals surface area contributed by atoms with Crippen LogP contribution in [0.4, 0.5) is 0 Å². The Labute approximate surface area is 76.2 Å². The second kappa shape index (κ2) is 5.70. The van der Waals surface area contributed by atoms with Crippen LogP contribution in [0.15, 0.2) is 24.8 Å². The first-order chi connectivity index (χ1) is 5.70. The van der Waals surface area contributed by atoms with Crippen LogP contribution >= 0.6 is 0 Å². The molecule has 0 saturated carbocycles. The molecule has 0 aromatic carbocycles. The largest absolute Gasteiger partial charge is 0.354 e. The van der Waals surface area contributed by atoms with Gasteiger partial charge in [0.05, 0.1) is 0 Å². The van der Waals surface area contributed by atoms with Gasteiger partial charge >= 0.3 is 0 Å².